The first-order valence-electron chi connectivity index (χ1n) is 8.08. The maximum atomic E-state index is 12.8. The molecule has 0 aliphatic carbocycles. The van der Waals surface area contributed by atoms with E-state index < -0.39 is 11.7 Å². The number of hydrogen-bond donors (Lipinski definition) is 2. The molecule has 1 aromatic heterocycles. The van der Waals surface area contributed by atoms with Gasteiger partial charge in [-0.05, 0) is 49.4 Å². The number of hydrogen-bond acceptors (Lipinski definition) is 6. The summed E-state index contributed by atoms with van der Waals surface area (Å²) in [5.41, 5.74) is 0.219. The molecule has 2 N–H and O–H groups in total. The van der Waals surface area contributed by atoms with Gasteiger partial charge in [0.2, 0.25) is 5.95 Å². The van der Waals surface area contributed by atoms with Gasteiger partial charge in [0.15, 0.2) is 5.82 Å². The number of nitrogens with zero attached hydrogens (tertiary/aromatic N) is 3. The number of rotatable bonds is 6. The fraction of sp³-hybridized carbons (Fsp3) is 0.167. The lowest BCUT2D eigenvalue weighted by Gasteiger charge is -2.11. The van der Waals surface area contributed by atoms with Gasteiger partial charge in [0, 0.05) is 11.4 Å². The molecule has 0 radical (unpaired) electrons. The zero-order valence-electron chi connectivity index (χ0n) is 14.3. The second-order valence-corrected chi connectivity index (χ2v) is 5.45. The molecular weight excluding hydrogens is 359 g/mol. The van der Waals surface area contributed by atoms with Crippen molar-refractivity contribution in [2.75, 3.05) is 17.2 Å². The van der Waals surface area contributed by atoms with Gasteiger partial charge in [0.1, 0.15) is 5.75 Å². The Labute approximate surface area is 153 Å². The van der Waals surface area contributed by atoms with E-state index in [1.54, 1.807) is 24.3 Å². The SMILES string of the molecule is CCOc1ccc(Nc2nncc(Nc3cccc(C(F)(F)F)c3)n2)cc1. The summed E-state index contributed by atoms with van der Waals surface area (Å²) >= 11 is 0. The third-order valence-corrected chi connectivity index (χ3v) is 3.44. The second kappa shape index (κ2) is 7.90. The highest BCUT2D eigenvalue weighted by Gasteiger charge is 2.30. The molecule has 1 heterocycles. The van der Waals surface area contributed by atoms with E-state index in [4.69, 9.17) is 4.74 Å². The Morgan fingerprint density at radius 1 is 1.00 bits per heavy atom. The fourth-order valence-corrected chi connectivity index (χ4v) is 2.27. The van der Waals surface area contributed by atoms with Crippen molar-refractivity contribution in [2.45, 2.75) is 13.1 Å². The summed E-state index contributed by atoms with van der Waals surface area (Å²) in [7, 11) is 0. The summed E-state index contributed by atoms with van der Waals surface area (Å²) in [4.78, 5) is 4.21. The van der Waals surface area contributed by atoms with Crippen molar-refractivity contribution in [2.24, 2.45) is 0 Å². The molecule has 2 aromatic carbocycles. The first kappa shape index (κ1) is 18.4. The van der Waals surface area contributed by atoms with Crippen LogP contribution in [-0.2, 0) is 6.18 Å². The van der Waals surface area contributed by atoms with Gasteiger partial charge in [0.05, 0.1) is 18.4 Å². The van der Waals surface area contributed by atoms with Crippen molar-refractivity contribution < 1.29 is 17.9 Å². The van der Waals surface area contributed by atoms with Crippen LogP contribution in [0.15, 0.2) is 54.7 Å². The molecule has 140 valence electrons. The van der Waals surface area contributed by atoms with Crippen molar-refractivity contribution >= 4 is 23.1 Å². The van der Waals surface area contributed by atoms with Crippen LogP contribution in [-0.4, -0.2) is 21.8 Å². The van der Waals surface area contributed by atoms with E-state index in [1.807, 2.05) is 6.92 Å². The lowest BCUT2D eigenvalue weighted by molar-refractivity contribution is -0.137. The predicted molar refractivity (Wildman–Crippen MR) is 95.4 cm³/mol. The van der Waals surface area contributed by atoms with E-state index in [-0.39, 0.29) is 17.5 Å². The average Bonchev–Trinajstić information content (AvgIpc) is 2.63. The maximum absolute atomic E-state index is 12.8. The van der Waals surface area contributed by atoms with Crippen LogP contribution < -0.4 is 15.4 Å². The molecule has 0 saturated heterocycles. The first-order valence-corrected chi connectivity index (χ1v) is 8.08. The highest BCUT2D eigenvalue weighted by atomic mass is 19.4. The van der Waals surface area contributed by atoms with Gasteiger partial charge >= 0.3 is 6.18 Å². The van der Waals surface area contributed by atoms with Crippen molar-refractivity contribution in [1.29, 1.82) is 0 Å². The zero-order chi connectivity index (χ0) is 19.3. The van der Waals surface area contributed by atoms with Crippen LogP contribution in [0.4, 0.5) is 36.3 Å². The minimum atomic E-state index is -4.41. The Hall–Kier alpha value is -3.36. The predicted octanol–water partition coefficient (Wildman–Crippen LogP) is 4.78. The molecule has 27 heavy (non-hydrogen) atoms. The van der Waals surface area contributed by atoms with Gasteiger partial charge in [-0.3, -0.25) is 0 Å². The van der Waals surface area contributed by atoms with E-state index in [0.29, 0.717) is 6.61 Å². The minimum Gasteiger partial charge on any atom is -0.494 e. The number of aromatic nitrogens is 3. The number of benzene rings is 2. The Morgan fingerprint density at radius 2 is 1.78 bits per heavy atom. The molecule has 0 bridgehead atoms. The third kappa shape index (κ3) is 5.06. The topological polar surface area (TPSA) is 72.0 Å². The number of alkyl halides is 3. The minimum absolute atomic E-state index is 0.205. The van der Waals surface area contributed by atoms with Crippen molar-refractivity contribution in [3.8, 4) is 5.75 Å². The molecule has 9 heteroatoms. The monoisotopic (exact) mass is 375 g/mol. The van der Waals surface area contributed by atoms with Crippen molar-refractivity contribution in [3.63, 3.8) is 0 Å². The highest BCUT2D eigenvalue weighted by molar-refractivity contribution is 5.59. The van der Waals surface area contributed by atoms with E-state index in [1.165, 1.54) is 18.3 Å². The van der Waals surface area contributed by atoms with Crippen LogP contribution in [0.5, 0.6) is 5.75 Å². The molecule has 3 aromatic rings. The van der Waals surface area contributed by atoms with Crippen LogP contribution in [0.25, 0.3) is 0 Å². The van der Waals surface area contributed by atoms with Crippen LogP contribution in [0.1, 0.15) is 12.5 Å². The van der Waals surface area contributed by atoms with Gasteiger partial charge in [0.25, 0.3) is 0 Å². The molecule has 0 saturated carbocycles. The number of ether oxygens (including phenoxy) is 1. The molecular formula is C18H16F3N5O. The van der Waals surface area contributed by atoms with Crippen molar-refractivity contribution in [3.05, 3.63) is 60.3 Å². The maximum Gasteiger partial charge on any atom is 0.416 e. The smallest absolute Gasteiger partial charge is 0.416 e. The van der Waals surface area contributed by atoms with E-state index in [2.05, 4.69) is 25.8 Å². The second-order valence-electron chi connectivity index (χ2n) is 5.45. The van der Waals surface area contributed by atoms with Gasteiger partial charge in [-0.25, -0.2) is 0 Å². The van der Waals surface area contributed by atoms with E-state index in [0.717, 1.165) is 23.6 Å². The third-order valence-electron chi connectivity index (χ3n) is 3.44. The Kier molecular flexibility index (Phi) is 5.39. The Morgan fingerprint density at radius 3 is 2.48 bits per heavy atom. The van der Waals surface area contributed by atoms with E-state index in [9.17, 15) is 13.2 Å². The molecule has 0 fully saturated rings. The largest absolute Gasteiger partial charge is 0.494 e. The zero-order valence-corrected chi connectivity index (χ0v) is 14.3. The number of halogens is 3. The average molecular weight is 375 g/mol. The van der Waals surface area contributed by atoms with Gasteiger partial charge in [-0.15, -0.1) is 5.10 Å². The Bertz CT molecular complexity index is 900. The number of anilines is 4. The standard InChI is InChI=1S/C18H16F3N5O/c1-2-27-15-8-6-13(7-9-15)24-17-25-16(11-22-26-17)23-14-5-3-4-12(10-14)18(19,20)21/h3-11H,2H2,1H3,(H2,23,24,25,26). The lowest BCUT2D eigenvalue weighted by atomic mass is 10.2. The fourth-order valence-electron chi connectivity index (χ4n) is 2.27. The molecule has 0 unspecified atom stereocenters. The van der Waals surface area contributed by atoms with Crippen LogP contribution in [0, 0.1) is 0 Å². The molecule has 0 atom stereocenters. The van der Waals surface area contributed by atoms with Crippen LogP contribution >= 0.6 is 0 Å². The van der Waals surface area contributed by atoms with Crippen LogP contribution in [0.2, 0.25) is 0 Å². The molecule has 0 aliphatic heterocycles. The summed E-state index contributed by atoms with van der Waals surface area (Å²) in [6.45, 7) is 2.47. The first-order chi connectivity index (χ1) is 12.9. The normalized spacial score (nSPS) is 11.1. The number of nitrogens with one attached hydrogen (secondary N) is 2. The molecule has 0 spiro atoms. The summed E-state index contributed by atoms with van der Waals surface area (Å²) in [5, 5.41) is 13.4. The molecule has 6 nitrogen and oxygen atoms in total. The highest BCUT2D eigenvalue weighted by Crippen LogP contribution is 2.31. The quantitative estimate of drug-likeness (QED) is 0.646. The van der Waals surface area contributed by atoms with Gasteiger partial charge in [-0.1, -0.05) is 6.07 Å². The Balaban J connectivity index is 1.72. The molecule has 0 amide bonds. The summed E-state index contributed by atoms with van der Waals surface area (Å²) in [6.07, 6.45) is -3.09. The molecule has 0 aliphatic rings. The van der Waals surface area contributed by atoms with Gasteiger partial charge in [-0.2, -0.15) is 23.3 Å². The van der Waals surface area contributed by atoms with E-state index >= 15 is 0 Å². The lowest BCUT2D eigenvalue weighted by Crippen LogP contribution is -2.06. The van der Waals surface area contributed by atoms with Crippen LogP contribution in [0.3, 0.4) is 0 Å². The summed E-state index contributed by atoms with van der Waals surface area (Å²) in [5.74, 6) is 1.20. The molecule has 3 rings (SSSR count). The summed E-state index contributed by atoms with van der Waals surface area (Å²) < 4.78 is 43.8. The summed E-state index contributed by atoms with van der Waals surface area (Å²) in [6, 6.07) is 12.0. The van der Waals surface area contributed by atoms with Gasteiger partial charge < -0.3 is 15.4 Å². The van der Waals surface area contributed by atoms with Crippen molar-refractivity contribution in [1.82, 2.24) is 15.2 Å².